The van der Waals surface area contributed by atoms with Gasteiger partial charge in [-0.2, -0.15) is 0 Å². The van der Waals surface area contributed by atoms with E-state index in [1.165, 1.54) is 12.0 Å². The minimum absolute atomic E-state index is 0.0875. The number of carbonyl (C=O) groups is 1. The van der Waals surface area contributed by atoms with Crippen molar-refractivity contribution in [3.63, 3.8) is 0 Å². The predicted octanol–water partition coefficient (Wildman–Crippen LogP) is 4.69. The molecule has 132 valence electrons. The zero-order chi connectivity index (χ0) is 17.6. The Morgan fingerprint density at radius 3 is 2.80 bits per heavy atom. The number of rotatable bonds is 6. The van der Waals surface area contributed by atoms with Crippen LogP contribution in [0, 0.1) is 6.92 Å². The molecule has 1 aliphatic rings. The van der Waals surface area contributed by atoms with Crippen molar-refractivity contribution in [2.75, 3.05) is 20.2 Å². The highest BCUT2D eigenvalue weighted by atomic mass is 16.5. The number of hydrogen-bond donors (Lipinski definition) is 0. The third-order valence-electron chi connectivity index (χ3n) is 4.88. The third-order valence-corrected chi connectivity index (χ3v) is 4.88. The van der Waals surface area contributed by atoms with Gasteiger partial charge in [0.1, 0.15) is 0 Å². The van der Waals surface area contributed by atoms with E-state index in [-0.39, 0.29) is 5.91 Å². The van der Waals surface area contributed by atoms with E-state index in [0.717, 1.165) is 49.1 Å². The van der Waals surface area contributed by atoms with Crippen LogP contribution in [0.15, 0.2) is 48.5 Å². The van der Waals surface area contributed by atoms with Gasteiger partial charge in [-0.05, 0) is 49.8 Å². The Morgan fingerprint density at radius 1 is 1.20 bits per heavy atom. The minimum atomic E-state index is 0.0875. The van der Waals surface area contributed by atoms with Gasteiger partial charge in [0.25, 0.3) is 5.91 Å². The number of benzene rings is 2. The summed E-state index contributed by atoms with van der Waals surface area (Å²) in [7, 11) is 1.89. The fraction of sp³-hybridized carbons (Fsp3) is 0.409. The summed E-state index contributed by atoms with van der Waals surface area (Å²) in [6.07, 6.45) is 4.75. The first-order chi connectivity index (χ1) is 12.1. The maximum absolute atomic E-state index is 12.9. The SMILES string of the molecule is Cc1cccc(-c2ccccc2C(=O)N(C)CCCC2CCCO2)c1. The van der Waals surface area contributed by atoms with Gasteiger partial charge >= 0.3 is 0 Å². The van der Waals surface area contributed by atoms with Crippen molar-refractivity contribution in [1.29, 1.82) is 0 Å². The van der Waals surface area contributed by atoms with E-state index in [4.69, 9.17) is 4.74 Å². The van der Waals surface area contributed by atoms with Crippen LogP contribution in [0.5, 0.6) is 0 Å². The Bertz CT molecular complexity index is 719. The standard InChI is InChI=1S/C22H27NO2/c1-17-8-5-9-18(16-17)20-12-3-4-13-21(20)22(24)23(2)14-6-10-19-11-7-15-25-19/h3-5,8-9,12-13,16,19H,6-7,10-11,14-15H2,1-2H3. The number of ether oxygens (including phenoxy) is 1. The maximum atomic E-state index is 12.9. The molecule has 2 aromatic carbocycles. The molecule has 1 heterocycles. The van der Waals surface area contributed by atoms with Gasteiger partial charge in [-0.3, -0.25) is 4.79 Å². The number of hydrogen-bond acceptors (Lipinski definition) is 2. The Morgan fingerprint density at radius 2 is 2.04 bits per heavy atom. The summed E-state index contributed by atoms with van der Waals surface area (Å²) in [5.41, 5.74) is 4.07. The van der Waals surface area contributed by atoms with Crippen LogP contribution in [0.1, 0.15) is 41.6 Å². The molecule has 1 saturated heterocycles. The van der Waals surface area contributed by atoms with Gasteiger partial charge in [-0.15, -0.1) is 0 Å². The number of amides is 1. The van der Waals surface area contributed by atoms with Crippen LogP contribution in [0.25, 0.3) is 11.1 Å². The number of aryl methyl sites for hydroxylation is 1. The first-order valence-electron chi connectivity index (χ1n) is 9.18. The van der Waals surface area contributed by atoms with Crippen LogP contribution in [0.4, 0.5) is 0 Å². The van der Waals surface area contributed by atoms with Gasteiger partial charge < -0.3 is 9.64 Å². The van der Waals surface area contributed by atoms with Gasteiger partial charge in [0.2, 0.25) is 0 Å². The molecule has 0 aliphatic carbocycles. The molecule has 25 heavy (non-hydrogen) atoms. The van der Waals surface area contributed by atoms with Crippen LogP contribution in [-0.2, 0) is 4.74 Å². The zero-order valence-electron chi connectivity index (χ0n) is 15.2. The molecule has 2 aromatic rings. The highest BCUT2D eigenvalue weighted by Crippen LogP contribution is 2.25. The van der Waals surface area contributed by atoms with Gasteiger partial charge in [0.05, 0.1) is 6.10 Å². The molecule has 3 rings (SSSR count). The average Bonchev–Trinajstić information content (AvgIpc) is 3.14. The molecule has 1 atom stereocenters. The molecule has 1 fully saturated rings. The van der Waals surface area contributed by atoms with Crippen molar-refractivity contribution in [1.82, 2.24) is 4.90 Å². The smallest absolute Gasteiger partial charge is 0.254 e. The molecule has 0 saturated carbocycles. The van der Waals surface area contributed by atoms with Gasteiger partial charge in [-0.25, -0.2) is 0 Å². The van der Waals surface area contributed by atoms with E-state index in [1.807, 2.05) is 42.3 Å². The van der Waals surface area contributed by atoms with Crippen molar-refractivity contribution in [2.45, 2.75) is 38.7 Å². The molecule has 1 unspecified atom stereocenters. The highest BCUT2D eigenvalue weighted by Gasteiger charge is 2.18. The van der Waals surface area contributed by atoms with E-state index in [1.54, 1.807) is 0 Å². The molecule has 1 aliphatic heterocycles. The third kappa shape index (κ3) is 4.49. The van der Waals surface area contributed by atoms with Crippen LogP contribution < -0.4 is 0 Å². The zero-order valence-corrected chi connectivity index (χ0v) is 15.2. The Balaban J connectivity index is 1.69. The van der Waals surface area contributed by atoms with E-state index in [9.17, 15) is 4.79 Å². The topological polar surface area (TPSA) is 29.5 Å². The molecule has 0 N–H and O–H groups in total. The normalized spacial score (nSPS) is 16.8. The number of carbonyl (C=O) groups excluding carboxylic acids is 1. The Hall–Kier alpha value is -2.13. The molecule has 0 bridgehead atoms. The average molecular weight is 337 g/mol. The molecule has 0 spiro atoms. The van der Waals surface area contributed by atoms with Crippen LogP contribution in [0.3, 0.4) is 0 Å². The van der Waals surface area contributed by atoms with Crippen molar-refractivity contribution >= 4 is 5.91 Å². The van der Waals surface area contributed by atoms with Crippen LogP contribution in [0.2, 0.25) is 0 Å². The van der Waals surface area contributed by atoms with E-state index >= 15 is 0 Å². The molecular formula is C22H27NO2. The van der Waals surface area contributed by atoms with Crippen LogP contribution >= 0.6 is 0 Å². The van der Waals surface area contributed by atoms with Crippen molar-refractivity contribution in [3.8, 4) is 11.1 Å². The monoisotopic (exact) mass is 337 g/mol. The lowest BCUT2D eigenvalue weighted by molar-refractivity contribution is 0.0764. The minimum Gasteiger partial charge on any atom is -0.378 e. The Kier molecular flexibility index (Phi) is 5.87. The molecule has 0 aromatic heterocycles. The molecule has 3 heteroatoms. The number of nitrogens with zero attached hydrogens (tertiary/aromatic N) is 1. The lowest BCUT2D eigenvalue weighted by atomic mass is 9.97. The predicted molar refractivity (Wildman–Crippen MR) is 102 cm³/mol. The molecule has 0 radical (unpaired) electrons. The first-order valence-corrected chi connectivity index (χ1v) is 9.18. The fourth-order valence-electron chi connectivity index (χ4n) is 3.47. The Labute approximate surface area is 150 Å². The molecule has 3 nitrogen and oxygen atoms in total. The summed E-state index contributed by atoms with van der Waals surface area (Å²) in [5, 5.41) is 0. The molecular weight excluding hydrogens is 310 g/mol. The largest absolute Gasteiger partial charge is 0.378 e. The lowest BCUT2D eigenvalue weighted by Gasteiger charge is -2.20. The first kappa shape index (κ1) is 17.7. The van der Waals surface area contributed by atoms with E-state index in [2.05, 4.69) is 25.1 Å². The van der Waals surface area contributed by atoms with Gasteiger partial charge in [0, 0.05) is 25.8 Å². The summed E-state index contributed by atoms with van der Waals surface area (Å²) in [4.78, 5) is 14.8. The quantitative estimate of drug-likeness (QED) is 0.765. The van der Waals surface area contributed by atoms with Gasteiger partial charge in [0.15, 0.2) is 0 Å². The van der Waals surface area contributed by atoms with Crippen molar-refractivity contribution in [2.24, 2.45) is 0 Å². The van der Waals surface area contributed by atoms with Gasteiger partial charge in [-0.1, -0.05) is 48.0 Å². The maximum Gasteiger partial charge on any atom is 0.254 e. The fourth-order valence-corrected chi connectivity index (χ4v) is 3.47. The van der Waals surface area contributed by atoms with E-state index in [0.29, 0.717) is 6.10 Å². The van der Waals surface area contributed by atoms with Crippen molar-refractivity contribution in [3.05, 3.63) is 59.7 Å². The summed E-state index contributed by atoms with van der Waals surface area (Å²) in [6.45, 7) is 3.73. The highest BCUT2D eigenvalue weighted by molar-refractivity contribution is 6.00. The summed E-state index contributed by atoms with van der Waals surface area (Å²) in [5.74, 6) is 0.0875. The van der Waals surface area contributed by atoms with Crippen molar-refractivity contribution < 1.29 is 9.53 Å². The van der Waals surface area contributed by atoms with Crippen LogP contribution in [-0.4, -0.2) is 37.1 Å². The second-order valence-electron chi connectivity index (χ2n) is 6.92. The summed E-state index contributed by atoms with van der Waals surface area (Å²) >= 11 is 0. The summed E-state index contributed by atoms with van der Waals surface area (Å²) in [6, 6.07) is 16.2. The lowest BCUT2D eigenvalue weighted by Crippen LogP contribution is -2.28. The molecule has 1 amide bonds. The van der Waals surface area contributed by atoms with E-state index < -0.39 is 0 Å². The second-order valence-corrected chi connectivity index (χ2v) is 6.92. The second kappa shape index (κ2) is 8.30. The summed E-state index contributed by atoms with van der Waals surface area (Å²) < 4.78 is 5.66.